The molecular weight excluding hydrogens is 310 g/mol. The quantitative estimate of drug-likeness (QED) is 0.732. The number of aromatic nitrogens is 2. The Hall–Kier alpha value is -2.64. The van der Waals surface area contributed by atoms with Crippen LogP contribution in [0, 0.1) is 0 Å². The highest BCUT2D eigenvalue weighted by Crippen LogP contribution is 2.20. The monoisotopic (exact) mass is 326 g/mol. The van der Waals surface area contributed by atoms with Crippen LogP contribution in [-0.4, -0.2) is 36.1 Å². The molecule has 0 fully saturated rings. The smallest absolute Gasteiger partial charge is 0.388 e. The van der Waals surface area contributed by atoms with Gasteiger partial charge in [-0.3, -0.25) is 0 Å². The molecular formula is C15H16F2N2O4. The van der Waals surface area contributed by atoms with Gasteiger partial charge in [0.15, 0.2) is 5.69 Å². The van der Waals surface area contributed by atoms with Crippen molar-refractivity contribution in [1.82, 2.24) is 9.78 Å². The van der Waals surface area contributed by atoms with Crippen LogP contribution in [-0.2, 0) is 11.3 Å². The van der Waals surface area contributed by atoms with Crippen molar-refractivity contribution in [3.05, 3.63) is 41.6 Å². The van der Waals surface area contributed by atoms with Crippen LogP contribution in [0.2, 0.25) is 0 Å². The van der Waals surface area contributed by atoms with E-state index in [1.165, 1.54) is 4.68 Å². The maximum atomic E-state index is 12.5. The van der Waals surface area contributed by atoms with Crippen LogP contribution in [0.4, 0.5) is 8.78 Å². The first-order chi connectivity index (χ1) is 11.0. The number of esters is 1. The maximum Gasteiger partial charge on any atom is 0.388 e. The van der Waals surface area contributed by atoms with Crippen molar-refractivity contribution in [3.63, 3.8) is 0 Å². The first-order valence-corrected chi connectivity index (χ1v) is 6.86. The number of carbonyl (C=O) groups excluding carboxylic acids is 1. The zero-order valence-corrected chi connectivity index (χ0v) is 12.7. The third kappa shape index (κ3) is 4.41. The molecule has 0 aliphatic rings. The lowest BCUT2D eigenvalue weighted by Gasteiger charge is -2.08. The molecule has 0 N–H and O–H groups in total. The summed E-state index contributed by atoms with van der Waals surface area (Å²) in [6.07, 6.45) is 0. The number of rotatable bonds is 7. The van der Waals surface area contributed by atoms with E-state index in [-0.39, 0.29) is 24.7 Å². The van der Waals surface area contributed by atoms with Crippen LogP contribution < -0.4 is 9.47 Å². The second-order valence-corrected chi connectivity index (χ2v) is 4.47. The number of hydrogen-bond acceptors (Lipinski definition) is 5. The Kier molecular flexibility index (Phi) is 5.51. The van der Waals surface area contributed by atoms with Gasteiger partial charge in [-0.15, -0.1) is 0 Å². The van der Waals surface area contributed by atoms with Gasteiger partial charge in [0.25, 0.3) is 0 Å². The van der Waals surface area contributed by atoms with Gasteiger partial charge in [-0.25, -0.2) is 9.48 Å². The minimum Gasteiger partial charge on any atom is -0.497 e. The highest BCUT2D eigenvalue weighted by molar-refractivity contribution is 5.87. The predicted octanol–water partition coefficient (Wildman–Crippen LogP) is 2.72. The highest BCUT2D eigenvalue weighted by atomic mass is 19.3. The summed E-state index contributed by atoms with van der Waals surface area (Å²) in [6, 6.07) is 8.12. The van der Waals surface area contributed by atoms with E-state index >= 15 is 0 Å². The number of benzene rings is 1. The molecule has 6 nitrogen and oxygen atoms in total. The van der Waals surface area contributed by atoms with Crippen LogP contribution in [0.5, 0.6) is 11.6 Å². The fourth-order valence-electron chi connectivity index (χ4n) is 1.91. The number of carbonyl (C=O) groups is 1. The molecule has 0 radical (unpaired) electrons. The Labute approximate surface area is 131 Å². The predicted molar refractivity (Wildman–Crippen MR) is 76.9 cm³/mol. The van der Waals surface area contributed by atoms with Crippen molar-refractivity contribution in [1.29, 1.82) is 0 Å². The van der Waals surface area contributed by atoms with Crippen molar-refractivity contribution in [2.24, 2.45) is 0 Å². The van der Waals surface area contributed by atoms with Crippen LogP contribution in [0.15, 0.2) is 30.3 Å². The molecule has 2 rings (SSSR count). The Morgan fingerprint density at radius 1 is 1.30 bits per heavy atom. The molecule has 0 bridgehead atoms. The summed E-state index contributed by atoms with van der Waals surface area (Å²) in [7, 11) is 1.54. The van der Waals surface area contributed by atoms with Gasteiger partial charge < -0.3 is 14.2 Å². The number of nitrogens with zero attached hydrogens (tertiary/aromatic N) is 2. The number of hydrogen-bond donors (Lipinski definition) is 0. The van der Waals surface area contributed by atoms with E-state index in [9.17, 15) is 13.6 Å². The molecule has 0 saturated carbocycles. The minimum atomic E-state index is -3.02. The highest BCUT2D eigenvalue weighted by Gasteiger charge is 2.19. The Morgan fingerprint density at radius 3 is 2.57 bits per heavy atom. The van der Waals surface area contributed by atoms with Crippen LogP contribution >= 0.6 is 0 Å². The molecule has 0 atom stereocenters. The van der Waals surface area contributed by atoms with E-state index in [4.69, 9.17) is 9.47 Å². The molecule has 124 valence electrons. The third-order valence-electron chi connectivity index (χ3n) is 2.93. The lowest BCUT2D eigenvalue weighted by molar-refractivity contribution is -0.0556. The van der Waals surface area contributed by atoms with Crippen LogP contribution in [0.25, 0.3) is 0 Å². The second-order valence-electron chi connectivity index (χ2n) is 4.47. The molecule has 23 heavy (non-hydrogen) atoms. The van der Waals surface area contributed by atoms with E-state index in [1.54, 1.807) is 38.3 Å². The topological polar surface area (TPSA) is 62.6 Å². The molecule has 0 aliphatic carbocycles. The lowest BCUT2D eigenvalue weighted by atomic mass is 10.2. The number of methoxy groups -OCH3 is 1. The summed E-state index contributed by atoms with van der Waals surface area (Å²) in [5.74, 6) is -0.232. The average Bonchev–Trinajstić information content (AvgIpc) is 2.90. The summed E-state index contributed by atoms with van der Waals surface area (Å²) in [5, 5.41) is 3.97. The zero-order chi connectivity index (χ0) is 16.8. The zero-order valence-electron chi connectivity index (χ0n) is 12.7. The maximum absolute atomic E-state index is 12.5. The minimum absolute atomic E-state index is 0.0870. The van der Waals surface area contributed by atoms with Crippen molar-refractivity contribution in [2.75, 3.05) is 13.7 Å². The van der Waals surface area contributed by atoms with Crippen molar-refractivity contribution in [3.8, 4) is 11.6 Å². The van der Waals surface area contributed by atoms with E-state index in [0.29, 0.717) is 5.75 Å². The van der Waals surface area contributed by atoms with Gasteiger partial charge in [-0.05, 0) is 24.6 Å². The van der Waals surface area contributed by atoms with E-state index in [2.05, 4.69) is 9.84 Å². The number of ether oxygens (including phenoxy) is 3. The molecule has 0 spiro atoms. The van der Waals surface area contributed by atoms with Gasteiger partial charge in [0, 0.05) is 6.07 Å². The van der Waals surface area contributed by atoms with Gasteiger partial charge >= 0.3 is 12.6 Å². The van der Waals surface area contributed by atoms with E-state index < -0.39 is 12.6 Å². The third-order valence-corrected chi connectivity index (χ3v) is 2.93. The summed E-state index contributed by atoms with van der Waals surface area (Å²) >= 11 is 0. The fraction of sp³-hybridized carbons (Fsp3) is 0.333. The largest absolute Gasteiger partial charge is 0.497 e. The molecule has 0 saturated heterocycles. The van der Waals surface area contributed by atoms with Crippen LogP contribution in [0.1, 0.15) is 23.0 Å². The second kappa shape index (κ2) is 7.57. The number of halogens is 2. The Balaban J connectivity index is 2.24. The first kappa shape index (κ1) is 16.7. The molecule has 0 amide bonds. The summed E-state index contributed by atoms with van der Waals surface area (Å²) in [5.41, 5.74) is 0.694. The molecule has 1 aromatic heterocycles. The Morgan fingerprint density at radius 2 is 2.00 bits per heavy atom. The molecule has 1 aromatic carbocycles. The van der Waals surface area contributed by atoms with Gasteiger partial charge in [0.2, 0.25) is 5.88 Å². The van der Waals surface area contributed by atoms with E-state index in [0.717, 1.165) is 11.6 Å². The molecule has 1 heterocycles. The van der Waals surface area contributed by atoms with Gasteiger partial charge in [-0.1, -0.05) is 12.1 Å². The summed E-state index contributed by atoms with van der Waals surface area (Å²) in [4.78, 5) is 11.7. The normalized spacial score (nSPS) is 10.7. The summed E-state index contributed by atoms with van der Waals surface area (Å²) < 4.78 is 40.4. The van der Waals surface area contributed by atoms with Gasteiger partial charge in [-0.2, -0.15) is 13.9 Å². The van der Waals surface area contributed by atoms with E-state index in [1.807, 2.05) is 0 Å². The standard InChI is InChI=1S/C15H16F2N2O4/c1-3-22-14(20)12-8-13(23-15(16)17)19(18-12)9-10-4-6-11(21-2)7-5-10/h4-8,15H,3,9H2,1-2H3. The SMILES string of the molecule is CCOC(=O)c1cc(OC(F)F)n(Cc2ccc(OC)cc2)n1. The first-order valence-electron chi connectivity index (χ1n) is 6.86. The molecule has 0 unspecified atom stereocenters. The lowest BCUT2D eigenvalue weighted by Crippen LogP contribution is -2.10. The van der Waals surface area contributed by atoms with Crippen LogP contribution in [0.3, 0.4) is 0 Å². The number of alkyl halides is 2. The van der Waals surface area contributed by atoms with Gasteiger partial charge in [0.1, 0.15) is 5.75 Å². The van der Waals surface area contributed by atoms with Gasteiger partial charge in [0.05, 0.1) is 20.3 Å². The molecule has 8 heteroatoms. The average molecular weight is 326 g/mol. The Bertz CT molecular complexity index is 656. The fourth-order valence-corrected chi connectivity index (χ4v) is 1.91. The summed E-state index contributed by atoms with van der Waals surface area (Å²) in [6.45, 7) is -1.06. The molecule has 0 aliphatic heterocycles. The van der Waals surface area contributed by atoms with Crippen molar-refractivity contribution in [2.45, 2.75) is 20.1 Å². The van der Waals surface area contributed by atoms with Crippen molar-refractivity contribution < 1.29 is 27.8 Å². The molecule has 2 aromatic rings. The van der Waals surface area contributed by atoms with Crippen molar-refractivity contribution >= 4 is 5.97 Å².